The maximum atomic E-state index is 11.9. The molecule has 0 aliphatic carbocycles. The summed E-state index contributed by atoms with van der Waals surface area (Å²) in [5.74, 6) is 1.79. The molecule has 0 bridgehead atoms. The van der Waals surface area contributed by atoms with E-state index < -0.39 is 6.10 Å². The molecule has 1 saturated heterocycles. The smallest absolute Gasteiger partial charge is 0.220 e. The Balaban J connectivity index is 1.81. The van der Waals surface area contributed by atoms with Gasteiger partial charge in [-0.25, -0.2) is 0 Å². The molecule has 0 spiro atoms. The topological polar surface area (TPSA) is 79.8 Å². The summed E-state index contributed by atoms with van der Waals surface area (Å²) < 4.78 is 10.4. The average molecular weight is 322 g/mol. The van der Waals surface area contributed by atoms with E-state index in [0.717, 1.165) is 25.9 Å². The van der Waals surface area contributed by atoms with Gasteiger partial charge in [0.05, 0.1) is 20.3 Å². The van der Waals surface area contributed by atoms with E-state index in [4.69, 9.17) is 9.47 Å². The summed E-state index contributed by atoms with van der Waals surface area (Å²) in [6, 6.07) is 5.22. The fourth-order valence-electron chi connectivity index (χ4n) is 2.73. The fourth-order valence-corrected chi connectivity index (χ4v) is 2.73. The van der Waals surface area contributed by atoms with Crippen LogP contribution in [-0.4, -0.2) is 44.9 Å². The number of hydrogen-bond donors (Lipinski definition) is 3. The number of nitrogens with one attached hydrogen (secondary N) is 2. The Morgan fingerprint density at radius 3 is 2.61 bits per heavy atom. The fraction of sp³-hybridized carbons (Fsp3) is 0.588. The van der Waals surface area contributed by atoms with Gasteiger partial charge in [0.2, 0.25) is 5.91 Å². The maximum absolute atomic E-state index is 11.9. The SMILES string of the molecule is COc1cc(OC)cc(C(O)CNC(=O)CCC2CCNC2)c1. The van der Waals surface area contributed by atoms with Crippen LogP contribution in [0.5, 0.6) is 11.5 Å². The molecule has 0 saturated carbocycles. The summed E-state index contributed by atoms with van der Waals surface area (Å²) in [5.41, 5.74) is 0.654. The van der Waals surface area contributed by atoms with Crippen LogP contribution in [0, 0.1) is 5.92 Å². The van der Waals surface area contributed by atoms with Crippen LogP contribution in [0.3, 0.4) is 0 Å². The molecule has 1 fully saturated rings. The van der Waals surface area contributed by atoms with Gasteiger partial charge >= 0.3 is 0 Å². The Morgan fingerprint density at radius 1 is 1.35 bits per heavy atom. The highest BCUT2D eigenvalue weighted by Gasteiger charge is 2.17. The molecule has 1 aromatic rings. The summed E-state index contributed by atoms with van der Waals surface area (Å²) in [4.78, 5) is 11.9. The Kier molecular flexibility index (Phi) is 6.67. The predicted octanol–water partition coefficient (Wildman–Crippen LogP) is 1.24. The van der Waals surface area contributed by atoms with Crippen LogP contribution in [0.15, 0.2) is 18.2 Å². The molecule has 6 nitrogen and oxygen atoms in total. The number of carbonyl (C=O) groups excluding carboxylic acids is 1. The Bertz CT molecular complexity index is 493. The quantitative estimate of drug-likeness (QED) is 0.671. The van der Waals surface area contributed by atoms with E-state index >= 15 is 0 Å². The molecule has 3 N–H and O–H groups in total. The molecule has 1 aliphatic heterocycles. The summed E-state index contributed by atoms with van der Waals surface area (Å²) in [6.07, 6.45) is 1.73. The van der Waals surface area contributed by atoms with Gasteiger partial charge in [0, 0.05) is 19.0 Å². The zero-order chi connectivity index (χ0) is 16.7. The molecule has 1 aromatic carbocycles. The summed E-state index contributed by atoms with van der Waals surface area (Å²) >= 11 is 0. The Hall–Kier alpha value is -1.79. The van der Waals surface area contributed by atoms with Crippen LogP contribution in [0.1, 0.15) is 30.9 Å². The van der Waals surface area contributed by atoms with Crippen LogP contribution in [0.4, 0.5) is 0 Å². The van der Waals surface area contributed by atoms with E-state index in [9.17, 15) is 9.90 Å². The van der Waals surface area contributed by atoms with Crippen molar-refractivity contribution in [3.63, 3.8) is 0 Å². The zero-order valence-electron chi connectivity index (χ0n) is 13.8. The van der Waals surface area contributed by atoms with Crippen LogP contribution >= 0.6 is 0 Å². The minimum Gasteiger partial charge on any atom is -0.497 e. The van der Waals surface area contributed by atoms with Gasteiger partial charge in [-0.05, 0) is 49.5 Å². The highest BCUT2D eigenvalue weighted by Crippen LogP contribution is 2.26. The lowest BCUT2D eigenvalue weighted by Gasteiger charge is -2.15. The lowest BCUT2D eigenvalue weighted by Crippen LogP contribution is -2.28. The number of aliphatic hydroxyl groups excluding tert-OH is 1. The summed E-state index contributed by atoms with van der Waals surface area (Å²) in [7, 11) is 3.12. The lowest BCUT2D eigenvalue weighted by atomic mass is 10.0. The first-order chi connectivity index (χ1) is 11.1. The van der Waals surface area contributed by atoms with E-state index in [1.165, 1.54) is 0 Å². The van der Waals surface area contributed by atoms with Crippen molar-refractivity contribution >= 4 is 5.91 Å². The summed E-state index contributed by atoms with van der Waals surface area (Å²) in [5, 5.41) is 16.3. The zero-order valence-corrected chi connectivity index (χ0v) is 13.8. The number of ether oxygens (including phenoxy) is 2. The average Bonchev–Trinajstić information content (AvgIpc) is 3.10. The van der Waals surface area contributed by atoms with Crippen molar-refractivity contribution in [2.45, 2.75) is 25.4 Å². The molecule has 1 amide bonds. The Labute approximate surface area is 137 Å². The number of carbonyl (C=O) groups is 1. The van der Waals surface area contributed by atoms with Crippen LogP contribution in [-0.2, 0) is 4.79 Å². The predicted molar refractivity (Wildman–Crippen MR) is 87.7 cm³/mol. The molecule has 1 aliphatic rings. The van der Waals surface area contributed by atoms with Gasteiger partial charge in [-0.3, -0.25) is 4.79 Å². The molecule has 2 rings (SSSR count). The first-order valence-electron chi connectivity index (χ1n) is 8.01. The van der Waals surface area contributed by atoms with Crippen molar-refractivity contribution in [1.29, 1.82) is 0 Å². The van der Waals surface area contributed by atoms with E-state index in [-0.39, 0.29) is 12.5 Å². The second kappa shape index (κ2) is 8.74. The Morgan fingerprint density at radius 2 is 2.04 bits per heavy atom. The van der Waals surface area contributed by atoms with Gasteiger partial charge in [0.25, 0.3) is 0 Å². The van der Waals surface area contributed by atoms with Gasteiger partial charge in [-0.15, -0.1) is 0 Å². The van der Waals surface area contributed by atoms with Crippen molar-refractivity contribution in [2.75, 3.05) is 33.9 Å². The first kappa shape index (κ1) is 17.6. The van der Waals surface area contributed by atoms with Gasteiger partial charge in [-0.2, -0.15) is 0 Å². The third-order valence-corrected chi connectivity index (χ3v) is 4.19. The van der Waals surface area contributed by atoms with Crippen LogP contribution in [0.2, 0.25) is 0 Å². The maximum Gasteiger partial charge on any atom is 0.220 e. The molecule has 0 radical (unpaired) electrons. The second-order valence-corrected chi connectivity index (χ2v) is 5.86. The van der Waals surface area contributed by atoms with Crippen molar-refractivity contribution < 1.29 is 19.4 Å². The minimum absolute atomic E-state index is 0.0224. The minimum atomic E-state index is -0.795. The number of rotatable bonds is 8. The van der Waals surface area contributed by atoms with Gasteiger partial charge < -0.3 is 25.2 Å². The normalized spacial score (nSPS) is 18.5. The molecular formula is C17H26N2O4. The summed E-state index contributed by atoms with van der Waals surface area (Å²) in [6.45, 7) is 2.22. The molecule has 23 heavy (non-hydrogen) atoms. The lowest BCUT2D eigenvalue weighted by molar-refractivity contribution is -0.121. The van der Waals surface area contributed by atoms with Crippen molar-refractivity contribution in [3.8, 4) is 11.5 Å². The first-order valence-corrected chi connectivity index (χ1v) is 8.01. The third kappa shape index (κ3) is 5.41. The van der Waals surface area contributed by atoms with Gasteiger partial charge in [-0.1, -0.05) is 0 Å². The number of aliphatic hydroxyl groups is 1. The third-order valence-electron chi connectivity index (χ3n) is 4.19. The van der Waals surface area contributed by atoms with Crippen molar-refractivity contribution in [1.82, 2.24) is 10.6 Å². The van der Waals surface area contributed by atoms with E-state index in [2.05, 4.69) is 10.6 Å². The molecular weight excluding hydrogens is 296 g/mol. The molecule has 128 valence electrons. The highest BCUT2D eigenvalue weighted by atomic mass is 16.5. The monoisotopic (exact) mass is 322 g/mol. The van der Waals surface area contributed by atoms with Crippen molar-refractivity contribution in [2.24, 2.45) is 5.92 Å². The molecule has 0 aromatic heterocycles. The van der Waals surface area contributed by atoms with Crippen molar-refractivity contribution in [3.05, 3.63) is 23.8 Å². The number of amides is 1. The van der Waals surface area contributed by atoms with Gasteiger partial charge in [0.1, 0.15) is 11.5 Å². The molecule has 1 heterocycles. The largest absolute Gasteiger partial charge is 0.497 e. The molecule has 2 atom stereocenters. The van der Waals surface area contributed by atoms with Gasteiger partial charge in [0.15, 0.2) is 0 Å². The van der Waals surface area contributed by atoms with Crippen LogP contribution in [0.25, 0.3) is 0 Å². The van der Waals surface area contributed by atoms with Crippen LogP contribution < -0.4 is 20.1 Å². The number of benzene rings is 1. The highest BCUT2D eigenvalue weighted by molar-refractivity contribution is 5.75. The standard InChI is InChI=1S/C17H26N2O4/c1-22-14-7-13(8-15(9-14)23-2)16(20)11-19-17(21)4-3-12-5-6-18-10-12/h7-9,12,16,18,20H,3-6,10-11H2,1-2H3,(H,19,21). The molecule has 6 heteroatoms. The number of methoxy groups -OCH3 is 2. The molecule has 2 unspecified atom stereocenters. The second-order valence-electron chi connectivity index (χ2n) is 5.86. The van der Waals surface area contributed by atoms with E-state index in [0.29, 0.717) is 29.4 Å². The van der Waals surface area contributed by atoms with E-state index in [1.807, 2.05) is 0 Å². The number of hydrogen-bond acceptors (Lipinski definition) is 5. The van der Waals surface area contributed by atoms with E-state index in [1.54, 1.807) is 32.4 Å².